The van der Waals surface area contributed by atoms with E-state index in [1.807, 2.05) is 0 Å². The third-order valence-corrected chi connectivity index (χ3v) is 3.41. The summed E-state index contributed by atoms with van der Waals surface area (Å²) in [6.45, 7) is 11.8. The monoisotopic (exact) mass is 185 g/mol. The summed E-state index contributed by atoms with van der Waals surface area (Å²) in [4.78, 5) is 2.45. The van der Waals surface area contributed by atoms with Gasteiger partial charge in [0.15, 0.2) is 0 Å². The summed E-state index contributed by atoms with van der Waals surface area (Å²) in [6, 6.07) is 0. The summed E-state index contributed by atoms with van der Waals surface area (Å²) < 4.78 is 0. The predicted molar refractivity (Wildman–Crippen MR) is 61.1 cm³/mol. The molecule has 0 aromatic carbocycles. The standard InChI is InChI=1S/C12H27N/c1-6-10-13(5)11-9-12(4,7-2)8-3/h6-11H2,1-5H3. The Morgan fingerprint density at radius 2 is 1.54 bits per heavy atom. The van der Waals surface area contributed by atoms with Gasteiger partial charge in [0.2, 0.25) is 0 Å². The minimum Gasteiger partial charge on any atom is -0.306 e. The van der Waals surface area contributed by atoms with Crippen LogP contribution in [0.3, 0.4) is 0 Å². The summed E-state index contributed by atoms with van der Waals surface area (Å²) in [7, 11) is 2.23. The molecule has 0 amide bonds. The maximum Gasteiger partial charge on any atom is -0.00166 e. The van der Waals surface area contributed by atoms with Gasteiger partial charge in [0, 0.05) is 0 Å². The van der Waals surface area contributed by atoms with Crippen LogP contribution in [0.15, 0.2) is 0 Å². The molecule has 0 bridgehead atoms. The van der Waals surface area contributed by atoms with Crippen LogP contribution in [-0.2, 0) is 0 Å². The molecule has 0 unspecified atom stereocenters. The maximum atomic E-state index is 2.45. The van der Waals surface area contributed by atoms with Gasteiger partial charge in [-0.3, -0.25) is 0 Å². The van der Waals surface area contributed by atoms with E-state index in [1.165, 1.54) is 38.8 Å². The van der Waals surface area contributed by atoms with Crippen molar-refractivity contribution in [2.24, 2.45) is 5.41 Å². The molecule has 1 nitrogen and oxygen atoms in total. The number of rotatable bonds is 7. The second kappa shape index (κ2) is 6.42. The summed E-state index contributed by atoms with van der Waals surface area (Å²) in [5.74, 6) is 0. The van der Waals surface area contributed by atoms with Crippen LogP contribution in [0.4, 0.5) is 0 Å². The normalized spacial score (nSPS) is 12.5. The molecule has 0 radical (unpaired) electrons. The van der Waals surface area contributed by atoms with Gasteiger partial charge in [0.25, 0.3) is 0 Å². The summed E-state index contributed by atoms with van der Waals surface area (Å²) in [6.07, 6.45) is 5.23. The Labute approximate surface area is 84.5 Å². The van der Waals surface area contributed by atoms with Crippen molar-refractivity contribution in [2.45, 2.75) is 53.4 Å². The summed E-state index contributed by atoms with van der Waals surface area (Å²) in [5.41, 5.74) is 0.571. The van der Waals surface area contributed by atoms with Crippen molar-refractivity contribution < 1.29 is 0 Å². The highest BCUT2D eigenvalue weighted by Gasteiger charge is 2.19. The first-order valence-electron chi connectivity index (χ1n) is 5.76. The van der Waals surface area contributed by atoms with Crippen molar-refractivity contribution >= 4 is 0 Å². The fourth-order valence-electron chi connectivity index (χ4n) is 1.56. The maximum absolute atomic E-state index is 2.45. The van der Waals surface area contributed by atoms with Gasteiger partial charge < -0.3 is 4.90 Å². The van der Waals surface area contributed by atoms with Crippen molar-refractivity contribution in [1.29, 1.82) is 0 Å². The number of hydrogen-bond acceptors (Lipinski definition) is 1. The first kappa shape index (κ1) is 13.0. The Bertz CT molecular complexity index is 116. The quantitative estimate of drug-likeness (QED) is 0.586. The second-order valence-electron chi connectivity index (χ2n) is 4.57. The van der Waals surface area contributed by atoms with Crippen molar-refractivity contribution in [2.75, 3.05) is 20.1 Å². The van der Waals surface area contributed by atoms with Gasteiger partial charge in [0.05, 0.1) is 0 Å². The topological polar surface area (TPSA) is 3.24 Å². The SMILES string of the molecule is CCCN(C)CCC(C)(CC)CC. The molecule has 0 saturated carbocycles. The molecule has 0 saturated heterocycles. The zero-order chi connectivity index (χ0) is 10.3. The van der Waals surface area contributed by atoms with Crippen LogP contribution in [0, 0.1) is 5.41 Å². The highest BCUT2D eigenvalue weighted by Crippen LogP contribution is 2.29. The molecular formula is C12H27N. The van der Waals surface area contributed by atoms with Crippen molar-refractivity contribution in [3.8, 4) is 0 Å². The Morgan fingerprint density at radius 1 is 1.00 bits per heavy atom. The Balaban J connectivity index is 3.71. The van der Waals surface area contributed by atoms with E-state index in [4.69, 9.17) is 0 Å². The number of nitrogens with zero attached hydrogens (tertiary/aromatic N) is 1. The lowest BCUT2D eigenvalue weighted by Gasteiger charge is -2.29. The van der Waals surface area contributed by atoms with E-state index >= 15 is 0 Å². The van der Waals surface area contributed by atoms with Crippen LogP contribution in [0.25, 0.3) is 0 Å². The first-order chi connectivity index (χ1) is 6.08. The van der Waals surface area contributed by atoms with Gasteiger partial charge in [-0.2, -0.15) is 0 Å². The fourth-order valence-corrected chi connectivity index (χ4v) is 1.56. The molecule has 0 aromatic heterocycles. The summed E-state index contributed by atoms with van der Waals surface area (Å²) >= 11 is 0. The molecule has 0 aromatic rings. The van der Waals surface area contributed by atoms with E-state index in [1.54, 1.807) is 0 Å². The summed E-state index contributed by atoms with van der Waals surface area (Å²) in [5, 5.41) is 0. The average molecular weight is 185 g/mol. The third kappa shape index (κ3) is 5.30. The smallest absolute Gasteiger partial charge is 0.00166 e. The minimum absolute atomic E-state index is 0.571. The van der Waals surface area contributed by atoms with Gasteiger partial charge in [0.1, 0.15) is 0 Å². The van der Waals surface area contributed by atoms with Crippen molar-refractivity contribution in [3.63, 3.8) is 0 Å². The third-order valence-electron chi connectivity index (χ3n) is 3.41. The molecule has 0 atom stereocenters. The van der Waals surface area contributed by atoms with Gasteiger partial charge >= 0.3 is 0 Å². The lowest BCUT2D eigenvalue weighted by molar-refractivity contribution is 0.217. The molecule has 0 aliphatic heterocycles. The minimum atomic E-state index is 0.571. The van der Waals surface area contributed by atoms with E-state index < -0.39 is 0 Å². The molecule has 13 heavy (non-hydrogen) atoms. The van der Waals surface area contributed by atoms with Gasteiger partial charge in [-0.1, -0.05) is 40.5 Å². The molecule has 0 fully saturated rings. The van der Waals surface area contributed by atoms with Crippen LogP contribution in [0.2, 0.25) is 0 Å². The predicted octanol–water partition coefficient (Wildman–Crippen LogP) is 3.54. The highest BCUT2D eigenvalue weighted by atomic mass is 15.1. The van der Waals surface area contributed by atoms with Gasteiger partial charge in [-0.15, -0.1) is 0 Å². The Hall–Kier alpha value is -0.0400. The average Bonchev–Trinajstić information content (AvgIpc) is 2.15. The molecule has 1 heteroatoms. The Morgan fingerprint density at radius 3 is 1.92 bits per heavy atom. The van der Waals surface area contributed by atoms with Crippen LogP contribution < -0.4 is 0 Å². The van der Waals surface area contributed by atoms with E-state index in [-0.39, 0.29) is 0 Å². The van der Waals surface area contributed by atoms with Gasteiger partial charge in [-0.25, -0.2) is 0 Å². The zero-order valence-corrected chi connectivity index (χ0v) is 10.2. The lowest BCUT2D eigenvalue weighted by atomic mass is 9.81. The van der Waals surface area contributed by atoms with Crippen LogP contribution >= 0.6 is 0 Å². The van der Waals surface area contributed by atoms with E-state index in [2.05, 4.69) is 39.6 Å². The lowest BCUT2D eigenvalue weighted by Crippen LogP contribution is -2.26. The van der Waals surface area contributed by atoms with Crippen LogP contribution in [0.1, 0.15) is 53.4 Å². The van der Waals surface area contributed by atoms with Crippen LogP contribution in [0.5, 0.6) is 0 Å². The molecule has 0 aliphatic rings. The van der Waals surface area contributed by atoms with Gasteiger partial charge in [-0.05, 0) is 38.4 Å². The Kier molecular flexibility index (Phi) is 6.40. The van der Waals surface area contributed by atoms with Crippen molar-refractivity contribution in [3.05, 3.63) is 0 Å². The molecule has 80 valence electrons. The molecule has 0 rings (SSSR count). The van der Waals surface area contributed by atoms with E-state index in [0.717, 1.165) is 0 Å². The molecule has 0 N–H and O–H groups in total. The van der Waals surface area contributed by atoms with E-state index in [9.17, 15) is 0 Å². The molecule has 0 aliphatic carbocycles. The zero-order valence-electron chi connectivity index (χ0n) is 10.2. The molecule has 0 heterocycles. The highest BCUT2D eigenvalue weighted by molar-refractivity contribution is 4.72. The molecular weight excluding hydrogens is 158 g/mol. The fraction of sp³-hybridized carbons (Fsp3) is 1.00. The second-order valence-corrected chi connectivity index (χ2v) is 4.57. The largest absolute Gasteiger partial charge is 0.306 e. The molecule has 0 spiro atoms. The van der Waals surface area contributed by atoms with E-state index in [0.29, 0.717) is 5.41 Å². The number of hydrogen-bond donors (Lipinski definition) is 0. The van der Waals surface area contributed by atoms with Crippen molar-refractivity contribution in [1.82, 2.24) is 4.90 Å². The van der Waals surface area contributed by atoms with Crippen LogP contribution in [-0.4, -0.2) is 25.0 Å². The first-order valence-corrected chi connectivity index (χ1v) is 5.76.